The Morgan fingerprint density at radius 2 is 1.61 bits per heavy atom. The quantitative estimate of drug-likeness (QED) is 0.434. The van der Waals surface area contributed by atoms with Crippen LogP contribution in [0.5, 0.6) is 5.75 Å². The molecule has 0 amide bonds. The average Bonchev–Trinajstić information content (AvgIpc) is 2.71. The lowest BCUT2D eigenvalue weighted by Crippen LogP contribution is -2.10. The third kappa shape index (κ3) is 6.23. The fourth-order valence-electron chi connectivity index (χ4n) is 3.49. The SMILES string of the molecule is CC(C)Oc1c(CCCc2ccccc2)[c]ccc1CCCc1cccnc1. The summed E-state index contributed by atoms with van der Waals surface area (Å²) in [6, 6.07) is 22.5. The minimum atomic E-state index is 0.167. The van der Waals surface area contributed by atoms with Gasteiger partial charge in [-0.1, -0.05) is 48.5 Å². The number of pyridine rings is 1. The molecular formula is C26H30NO. The average molecular weight is 373 g/mol. The van der Waals surface area contributed by atoms with E-state index in [4.69, 9.17) is 4.74 Å². The first kappa shape index (κ1) is 20.1. The molecule has 0 aliphatic carbocycles. The summed E-state index contributed by atoms with van der Waals surface area (Å²) < 4.78 is 6.24. The molecule has 0 fully saturated rings. The van der Waals surface area contributed by atoms with Crippen LogP contribution >= 0.6 is 0 Å². The van der Waals surface area contributed by atoms with Crippen molar-refractivity contribution in [1.82, 2.24) is 4.98 Å². The molecule has 0 bridgehead atoms. The van der Waals surface area contributed by atoms with Gasteiger partial charge in [0.1, 0.15) is 5.75 Å². The lowest BCUT2D eigenvalue weighted by molar-refractivity contribution is 0.237. The second-order valence-electron chi connectivity index (χ2n) is 7.53. The summed E-state index contributed by atoms with van der Waals surface area (Å²) in [6.07, 6.45) is 10.3. The van der Waals surface area contributed by atoms with Crippen LogP contribution in [0.2, 0.25) is 0 Å². The number of aromatic nitrogens is 1. The highest BCUT2D eigenvalue weighted by molar-refractivity contribution is 5.41. The lowest BCUT2D eigenvalue weighted by Gasteiger charge is -2.18. The highest BCUT2D eigenvalue weighted by Crippen LogP contribution is 2.28. The molecule has 0 aliphatic rings. The standard InChI is InChI=1S/C26H30NO/c1-21(2)28-26-24(15-6-12-22-10-4-3-5-11-22)17-8-18-25(26)16-7-13-23-14-9-19-27-20-23/h3-5,8-11,14,18-21H,6-7,12-13,15-16H2,1-2H3. The Morgan fingerprint density at radius 3 is 2.36 bits per heavy atom. The predicted octanol–water partition coefficient (Wildman–Crippen LogP) is 6.02. The Kier molecular flexibility index (Phi) is 7.66. The first-order chi connectivity index (χ1) is 13.7. The molecule has 0 aliphatic heterocycles. The third-order valence-electron chi connectivity index (χ3n) is 4.83. The van der Waals surface area contributed by atoms with Crippen LogP contribution in [0.4, 0.5) is 0 Å². The van der Waals surface area contributed by atoms with Crippen molar-refractivity contribution in [3.8, 4) is 5.75 Å². The highest BCUT2D eigenvalue weighted by Gasteiger charge is 2.12. The molecule has 0 N–H and O–H groups in total. The lowest BCUT2D eigenvalue weighted by atomic mass is 9.98. The van der Waals surface area contributed by atoms with Gasteiger partial charge in [0.2, 0.25) is 0 Å². The van der Waals surface area contributed by atoms with E-state index >= 15 is 0 Å². The predicted molar refractivity (Wildman–Crippen MR) is 116 cm³/mol. The minimum Gasteiger partial charge on any atom is -0.490 e. The smallest absolute Gasteiger partial charge is 0.126 e. The number of nitrogens with zero attached hydrogens (tertiary/aromatic N) is 1. The van der Waals surface area contributed by atoms with Crippen molar-refractivity contribution >= 4 is 0 Å². The number of benzene rings is 2. The molecule has 3 aromatic rings. The van der Waals surface area contributed by atoms with Gasteiger partial charge in [-0.2, -0.15) is 0 Å². The molecule has 28 heavy (non-hydrogen) atoms. The first-order valence-electron chi connectivity index (χ1n) is 10.3. The van der Waals surface area contributed by atoms with Gasteiger partial charge >= 0.3 is 0 Å². The van der Waals surface area contributed by atoms with E-state index in [2.05, 4.69) is 73.4 Å². The van der Waals surface area contributed by atoms with Crippen molar-refractivity contribution in [2.24, 2.45) is 0 Å². The van der Waals surface area contributed by atoms with Crippen molar-refractivity contribution in [2.45, 2.75) is 58.5 Å². The van der Waals surface area contributed by atoms with Crippen LogP contribution in [-0.2, 0) is 25.7 Å². The number of rotatable bonds is 10. The van der Waals surface area contributed by atoms with Crippen LogP contribution in [0.15, 0.2) is 67.0 Å². The van der Waals surface area contributed by atoms with Crippen LogP contribution in [0.1, 0.15) is 48.9 Å². The van der Waals surface area contributed by atoms with Crippen molar-refractivity contribution in [1.29, 1.82) is 0 Å². The molecule has 2 heteroatoms. The van der Waals surface area contributed by atoms with E-state index in [1.54, 1.807) is 0 Å². The zero-order valence-corrected chi connectivity index (χ0v) is 17.0. The van der Waals surface area contributed by atoms with Crippen LogP contribution in [0.25, 0.3) is 0 Å². The molecule has 2 aromatic carbocycles. The van der Waals surface area contributed by atoms with E-state index in [9.17, 15) is 0 Å². The molecule has 3 rings (SSSR count). The fraction of sp³-hybridized carbons (Fsp3) is 0.346. The molecule has 0 atom stereocenters. The van der Waals surface area contributed by atoms with Gasteiger partial charge in [0, 0.05) is 18.0 Å². The van der Waals surface area contributed by atoms with Gasteiger partial charge in [0.15, 0.2) is 0 Å². The second kappa shape index (κ2) is 10.7. The van der Waals surface area contributed by atoms with E-state index in [-0.39, 0.29) is 6.10 Å². The van der Waals surface area contributed by atoms with E-state index in [0.717, 1.165) is 44.3 Å². The maximum absolute atomic E-state index is 6.24. The zero-order chi connectivity index (χ0) is 19.6. The largest absolute Gasteiger partial charge is 0.490 e. The van der Waals surface area contributed by atoms with Crippen molar-refractivity contribution in [3.05, 3.63) is 95.3 Å². The Labute approximate surface area is 169 Å². The van der Waals surface area contributed by atoms with E-state index in [0.29, 0.717) is 0 Å². The highest BCUT2D eigenvalue weighted by atomic mass is 16.5. The van der Waals surface area contributed by atoms with Gasteiger partial charge in [-0.25, -0.2) is 0 Å². The monoisotopic (exact) mass is 372 g/mol. The topological polar surface area (TPSA) is 22.1 Å². The van der Waals surface area contributed by atoms with Gasteiger partial charge in [0.25, 0.3) is 0 Å². The fourth-order valence-corrected chi connectivity index (χ4v) is 3.49. The summed E-state index contributed by atoms with van der Waals surface area (Å²) in [4.78, 5) is 4.21. The molecule has 1 radical (unpaired) electrons. The number of aryl methyl sites for hydroxylation is 4. The van der Waals surface area contributed by atoms with Gasteiger partial charge in [-0.05, 0) is 81.2 Å². The van der Waals surface area contributed by atoms with Gasteiger partial charge < -0.3 is 4.74 Å². The number of hydrogen-bond donors (Lipinski definition) is 0. The maximum Gasteiger partial charge on any atom is 0.126 e. The summed E-state index contributed by atoms with van der Waals surface area (Å²) in [6.45, 7) is 4.19. The van der Waals surface area contributed by atoms with Crippen molar-refractivity contribution < 1.29 is 4.74 Å². The summed E-state index contributed by atoms with van der Waals surface area (Å²) in [5.74, 6) is 1.05. The van der Waals surface area contributed by atoms with Gasteiger partial charge in [-0.15, -0.1) is 0 Å². The molecule has 0 saturated heterocycles. The van der Waals surface area contributed by atoms with Gasteiger partial charge in [0.05, 0.1) is 6.10 Å². The van der Waals surface area contributed by atoms with Crippen LogP contribution in [0.3, 0.4) is 0 Å². The molecule has 2 nitrogen and oxygen atoms in total. The maximum atomic E-state index is 6.24. The molecular weight excluding hydrogens is 342 g/mol. The summed E-state index contributed by atoms with van der Waals surface area (Å²) in [7, 11) is 0. The number of hydrogen-bond acceptors (Lipinski definition) is 2. The van der Waals surface area contributed by atoms with E-state index in [1.807, 2.05) is 18.5 Å². The van der Waals surface area contributed by atoms with Gasteiger partial charge in [-0.3, -0.25) is 4.98 Å². The molecule has 1 heterocycles. The summed E-state index contributed by atoms with van der Waals surface area (Å²) in [5, 5.41) is 0. The molecule has 0 unspecified atom stereocenters. The Balaban J connectivity index is 1.64. The van der Waals surface area contributed by atoms with E-state index in [1.165, 1.54) is 22.3 Å². The van der Waals surface area contributed by atoms with E-state index < -0.39 is 0 Å². The number of ether oxygens (including phenoxy) is 1. The zero-order valence-electron chi connectivity index (χ0n) is 17.0. The van der Waals surface area contributed by atoms with Crippen LogP contribution in [-0.4, -0.2) is 11.1 Å². The molecule has 0 saturated carbocycles. The Bertz CT molecular complexity index is 764. The molecule has 0 spiro atoms. The molecule has 145 valence electrons. The summed E-state index contributed by atoms with van der Waals surface area (Å²) in [5.41, 5.74) is 5.19. The normalized spacial score (nSPS) is 11.0. The summed E-state index contributed by atoms with van der Waals surface area (Å²) >= 11 is 0. The molecule has 1 aromatic heterocycles. The second-order valence-corrected chi connectivity index (χ2v) is 7.53. The van der Waals surface area contributed by atoms with Crippen molar-refractivity contribution in [3.63, 3.8) is 0 Å². The van der Waals surface area contributed by atoms with Crippen LogP contribution in [0, 0.1) is 6.07 Å². The first-order valence-corrected chi connectivity index (χ1v) is 10.3. The minimum absolute atomic E-state index is 0.167. The Hall–Kier alpha value is -2.61. The third-order valence-corrected chi connectivity index (χ3v) is 4.83. The van der Waals surface area contributed by atoms with Crippen molar-refractivity contribution in [2.75, 3.05) is 0 Å². The van der Waals surface area contributed by atoms with Crippen LogP contribution < -0.4 is 4.74 Å². The Morgan fingerprint density at radius 1 is 0.857 bits per heavy atom.